The summed E-state index contributed by atoms with van der Waals surface area (Å²) in [5.74, 6) is -0.230. The number of ether oxygens (including phenoxy) is 2. The Hall–Kier alpha value is -0.610. The van der Waals surface area contributed by atoms with Crippen molar-refractivity contribution < 1.29 is 14.3 Å². The van der Waals surface area contributed by atoms with Crippen LogP contribution in [0.4, 0.5) is 0 Å². The molecule has 1 atom stereocenters. The van der Waals surface area contributed by atoms with Crippen molar-refractivity contribution in [2.24, 2.45) is 0 Å². The lowest BCUT2D eigenvalue weighted by Gasteiger charge is -2.20. The molecule has 0 aromatic carbocycles. The van der Waals surface area contributed by atoms with Crippen LogP contribution in [0.15, 0.2) is 0 Å². The van der Waals surface area contributed by atoms with Gasteiger partial charge in [-0.1, -0.05) is 0 Å². The monoisotopic (exact) mass is 217 g/mol. The SMILES string of the molecule is CCOC(C)CNCC(=O)OC(C)(C)C. The maximum Gasteiger partial charge on any atom is 0.320 e. The van der Waals surface area contributed by atoms with Crippen LogP contribution in [0.2, 0.25) is 0 Å². The third kappa shape index (κ3) is 9.69. The van der Waals surface area contributed by atoms with Gasteiger partial charge in [-0.15, -0.1) is 0 Å². The molecule has 0 aliphatic carbocycles. The zero-order chi connectivity index (χ0) is 11.9. The topological polar surface area (TPSA) is 47.6 Å². The lowest BCUT2D eigenvalue weighted by atomic mass is 10.2. The number of hydrogen-bond acceptors (Lipinski definition) is 4. The Morgan fingerprint density at radius 1 is 1.40 bits per heavy atom. The summed E-state index contributed by atoms with van der Waals surface area (Å²) in [5.41, 5.74) is -0.412. The first-order valence-electron chi connectivity index (χ1n) is 5.39. The summed E-state index contributed by atoms with van der Waals surface area (Å²) in [6, 6.07) is 0. The normalized spacial score (nSPS) is 13.7. The molecule has 4 nitrogen and oxygen atoms in total. The minimum absolute atomic E-state index is 0.123. The summed E-state index contributed by atoms with van der Waals surface area (Å²) in [4.78, 5) is 11.3. The van der Waals surface area contributed by atoms with Crippen LogP contribution in [0.5, 0.6) is 0 Å². The molecular formula is C11H23NO3. The quantitative estimate of drug-likeness (QED) is 0.682. The molecule has 0 radical (unpaired) electrons. The smallest absolute Gasteiger partial charge is 0.320 e. The van der Waals surface area contributed by atoms with Crippen molar-refractivity contribution >= 4 is 5.97 Å². The Morgan fingerprint density at radius 2 is 2.00 bits per heavy atom. The van der Waals surface area contributed by atoms with E-state index in [0.717, 1.165) is 0 Å². The van der Waals surface area contributed by atoms with Crippen LogP contribution in [0.3, 0.4) is 0 Å². The van der Waals surface area contributed by atoms with E-state index in [-0.39, 0.29) is 18.6 Å². The highest BCUT2D eigenvalue weighted by Crippen LogP contribution is 2.06. The Morgan fingerprint density at radius 3 is 2.47 bits per heavy atom. The van der Waals surface area contributed by atoms with Crippen LogP contribution < -0.4 is 5.32 Å². The van der Waals surface area contributed by atoms with Gasteiger partial charge < -0.3 is 14.8 Å². The molecule has 0 aromatic rings. The maximum absolute atomic E-state index is 11.3. The van der Waals surface area contributed by atoms with Gasteiger partial charge in [-0.3, -0.25) is 4.79 Å². The standard InChI is InChI=1S/C11H23NO3/c1-6-14-9(2)7-12-8-10(13)15-11(3,4)5/h9,12H,6-8H2,1-5H3. The highest BCUT2D eigenvalue weighted by molar-refractivity contribution is 5.72. The van der Waals surface area contributed by atoms with E-state index >= 15 is 0 Å². The Kier molecular flexibility index (Phi) is 6.52. The number of carbonyl (C=O) groups excluding carboxylic acids is 1. The molecule has 0 aliphatic rings. The van der Waals surface area contributed by atoms with E-state index in [1.807, 2.05) is 34.6 Å². The number of carbonyl (C=O) groups is 1. The highest BCUT2D eigenvalue weighted by atomic mass is 16.6. The summed E-state index contributed by atoms with van der Waals surface area (Å²) in [5, 5.41) is 2.99. The third-order valence-electron chi connectivity index (χ3n) is 1.57. The van der Waals surface area contributed by atoms with Gasteiger partial charge in [0.2, 0.25) is 0 Å². The molecule has 0 heterocycles. The van der Waals surface area contributed by atoms with E-state index in [9.17, 15) is 4.79 Å². The van der Waals surface area contributed by atoms with Crippen LogP contribution in [0.1, 0.15) is 34.6 Å². The van der Waals surface area contributed by atoms with Crippen molar-refractivity contribution in [3.63, 3.8) is 0 Å². The minimum atomic E-state index is -0.412. The van der Waals surface area contributed by atoms with E-state index in [0.29, 0.717) is 13.2 Å². The van der Waals surface area contributed by atoms with Crippen LogP contribution in [0, 0.1) is 0 Å². The number of rotatable bonds is 6. The first-order chi connectivity index (χ1) is 6.85. The van der Waals surface area contributed by atoms with Gasteiger partial charge >= 0.3 is 5.97 Å². The van der Waals surface area contributed by atoms with Crippen molar-refractivity contribution in [2.45, 2.75) is 46.3 Å². The molecule has 1 unspecified atom stereocenters. The fourth-order valence-electron chi connectivity index (χ4n) is 1.10. The first kappa shape index (κ1) is 14.4. The fourth-order valence-corrected chi connectivity index (χ4v) is 1.10. The molecule has 0 saturated heterocycles. The molecule has 4 heteroatoms. The van der Waals surface area contributed by atoms with Crippen LogP contribution in [-0.2, 0) is 14.3 Å². The molecule has 0 fully saturated rings. The molecule has 1 N–H and O–H groups in total. The van der Waals surface area contributed by atoms with Gasteiger partial charge in [-0.25, -0.2) is 0 Å². The number of nitrogens with one attached hydrogen (secondary N) is 1. The fraction of sp³-hybridized carbons (Fsp3) is 0.909. The molecule has 0 saturated carbocycles. The summed E-state index contributed by atoms with van der Waals surface area (Å²) in [6.07, 6.45) is 0.123. The zero-order valence-corrected chi connectivity index (χ0v) is 10.4. The van der Waals surface area contributed by atoms with E-state index < -0.39 is 5.60 Å². The van der Waals surface area contributed by atoms with Crippen molar-refractivity contribution in [3.8, 4) is 0 Å². The van der Waals surface area contributed by atoms with Gasteiger partial charge in [0, 0.05) is 13.2 Å². The predicted octanol–water partition coefficient (Wildman–Crippen LogP) is 1.34. The average molecular weight is 217 g/mol. The minimum Gasteiger partial charge on any atom is -0.459 e. The van der Waals surface area contributed by atoms with Crippen LogP contribution in [-0.4, -0.2) is 37.4 Å². The van der Waals surface area contributed by atoms with Crippen molar-refractivity contribution in [2.75, 3.05) is 19.7 Å². The predicted molar refractivity (Wildman–Crippen MR) is 59.8 cm³/mol. The van der Waals surface area contributed by atoms with Gasteiger partial charge in [0.1, 0.15) is 5.60 Å². The summed E-state index contributed by atoms with van der Waals surface area (Å²) >= 11 is 0. The molecule has 0 spiro atoms. The molecule has 0 aromatic heterocycles. The second kappa shape index (κ2) is 6.80. The molecule has 90 valence electrons. The zero-order valence-electron chi connectivity index (χ0n) is 10.4. The largest absolute Gasteiger partial charge is 0.459 e. The van der Waals surface area contributed by atoms with Gasteiger partial charge in [0.15, 0.2) is 0 Å². The van der Waals surface area contributed by atoms with E-state index in [2.05, 4.69) is 5.32 Å². The summed E-state index contributed by atoms with van der Waals surface area (Å²) < 4.78 is 10.4. The van der Waals surface area contributed by atoms with Gasteiger partial charge in [0.25, 0.3) is 0 Å². The van der Waals surface area contributed by atoms with Crippen molar-refractivity contribution in [1.82, 2.24) is 5.32 Å². The summed E-state index contributed by atoms with van der Waals surface area (Å²) in [7, 11) is 0. The first-order valence-corrected chi connectivity index (χ1v) is 5.39. The van der Waals surface area contributed by atoms with Crippen molar-refractivity contribution in [1.29, 1.82) is 0 Å². The average Bonchev–Trinajstić information content (AvgIpc) is 2.00. The molecule has 0 rings (SSSR count). The van der Waals surface area contributed by atoms with E-state index in [4.69, 9.17) is 9.47 Å². The maximum atomic E-state index is 11.3. The lowest BCUT2D eigenvalue weighted by molar-refractivity contribution is -0.153. The highest BCUT2D eigenvalue weighted by Gasteiger charge is 2.15. The summed E-state index contributed by atoms with van der Waals surface area (Å²) in [6.45, 7) is 11.1. The Bertz CT molecular complexity index is 187. The Balaban J connectivity index is 3.55. The Labute approximate surface area is 92.3 Å². The lowest BCUT2D eigenvalue weighted by Crippen LogP contribution is -2.35. The molecular weight excluding hydrogens is 194 g/mol. The third-order valence-corrected chi connectivity index (χ3v) is 1.57. The van der Waals surface area contributed by atoms with Crippen LogP contribution in [0.25, 0.3) is 0 Å². The molecule has 0 bridgehead atoms. The van der Waals surface area contributed by atoms with Crippen molar-refractivity contribution in [3.05, 3.63) is 0 Å². The number of esters is 1. The molecule has 0 aliphatic heterocycles. The number of hydrogen-bond donors (Lipinski definition) is 1. The van der Waals surface area contributed by atoms with Gasteiger partial charge in [-0.05, 0) is 34.6 Å². The second-order valence-corrected chi connectivity index (χ2v) is 4.48. The molecule has 15 heavy (non-hydrogen) atoms. The van der Waals surface area contributed by atoms with Gasteiger partial charge in [0.05, 0.1) is 12.6 Å². The van der Waals surface area contributed by atoms with E-state index in [1.165, 1.54) is 0 Å². The second-order valence-electron chi connectivity index (χ2n) is 4.48. The van der Waals surface area contributed by atoms with Crippen LogP contribution >= 0.6 is 0 Å². The molecule has 0 amide bonds. The van der Waals surface area contributed by atoms with Gasteiger partial charge in [-0.2, -0.15) is 0 Å². The van der Waals surface area contributed by atoms with E-state index in [1.54, 1.807) is 0 Å².